The third-order valence-corrected chi connectivity index (χ3v) is 2.02. The maximum Gasteiger partial charge on any atom is 0.213 e. The average molecular weight is 186 g/mol. The van der Waals surface area contributed by atoms with Gasteiger partial charge in [0.2, 0.25) is 5.88 Å². The third-order valence-electron chi connectivity index (χ3n) is 2.02. The molecule has 2 heterocycles. The van der Waals surface area contributed by atoms with E-state index in [1.807, 2.05) is 12.1 Å². The minimum Gasteiger partial charge on any atom is -0.481 e. The molecule has 2 aromatic rings. The number of nitrogens with zero attached hydrogens (tertiary/aromatic N) is 2. The van der Waals surface area contributed by atoms with E-state index in [9.17, 15) is 0 Å². The zero-order valence-electron chi connectivity index (χ0n) is 7.90. The molecule has 0 radical (unpaired) electrons. The van der Waals surface area contributed by atoms with Gasteiger partial charge >= 0.3 is 0 Å². The van der Waals surface area contributed by atoms with Gasteiger partial charge in [0.1, 0.15) is 0 Å². The molecule has 0 aliphatic heterocycles. The van der Waals surface area contributed by atoms with Crippen LogP contribution in [0.1, 0.15) is 5.56 Å². The summed E-state index contributed by atoms with van der Waals surface area (Å²) >= 11 is 0. The van der Waals surface area contributed by atoms with Gasteiger partial charge in [-0.2, -0.15) is 0 Å². The van der Waals surface area contributed by atoms with Gasteiger partial charge in [0.25, 0.3) is 0 Å². The molecule has 3 nitrogen and oxygen atoms in total. The largest absolute Gasteiger partial charge is 0.481 e. The van der Waals surface area contributed by atoms with Crippen LogP contribution in [0.3, 0.4) is 0 Å². The minimum absolute atomic E-state index is 0.591. The second-order valence-corrected chi connectivity index (χ2v) is 2.83. The van der Waals surface area contributed by atoms with E-state index in [0.717, 1.165) is 16.6 Å². The highest BCUT2D eigenvalue weighted by Crippen LogP contribution is 2.18. The summed E-state index contributed by atoms with van der Waals surface area (Å²) < 4.78 is 5.05. The molecule has 0 amide bonds. The Balaban J connectivity index is 2.76. The van der Waals surface area contributed by atoms with E-state index in [-0.39, 0.29) is 0 Å². The number of hydrogen-bond donors (Lipinski definition) is 0. The molecule has 0 atom stereocenters. The van der Waals surface area contributed by atoms with E-state index in [4.69, 9.17) is 4.74 Å². The normalized spacial score (nSPS) is 10.1. The minimum atomic E-state index is 0.591. The average Bonchev–Trinajstić information content (AvgIpc) is 2.27. The lowest BCUT2D eigenvalue weighted by Crippen LogP contribution is -1.90. The molecule has 0 aromatic carbocycles. The van der Waals surface area contributed by atoms with Crippen molar-refractivity contribution < 1.29 is 4.74 Å². The summed E-state index contributed by atoms with van der Waals surface area (Å²) in [5.41, 5.74) is 2.64. The first-order chi connectivity index (χ1) is 6.85. The number of aromatic nitrogens is 2. The molecule has 0 aliphatic rings. The van der Waals surface area contributed by atoms with Gasteiger partial charge in [-0.1, -0.05) is 12.7 Å². The Morgan fingerprint density at radius 3 is 2.93 bits per heavy atom. The van der Waals surface area contributed by atoms with E-state index in [2.05, 4.69) is 16.5 Å². The summed E-state index contributed by atoms with van der Waals surface area (Å²) in [5, 5.41) is 0. The summed E-state index contributed by atoms with van der Waals surface area (Å²) in [6.45, 7) is 3.73. The van der Waals surface area contributed by atoms with Crippen LogP contribution >= 0.6 is 0 Å². The first-order valence-electron chi connectivity index (χ1n) is 4.27. The highest BCUT2D eigenvalue weighted by atomic mass is 16.5. The van der Waals surface area contributed by atoms with Crippen molar-refractivity contribution in [2.45, 2.75) is 0 Å². The second kappa shape index (κ2) is 3.46. The first-order valence-corrected chi connectivity index (χ1v) is 4.27. The molecule has 0 bridgehead atoms. The van der Waals surface area contributed by atoms with Crippen LogP contribution in [0.15, 0.2) is 31.0 Å². The highest BCUT2D eigenvalue weighted by molar-refractivity contribution is 5.83. The monoisotopic (exact) mass is 186 g/mol. The second-order valence-electron chi connectivity index (χ2n) is 2.83. The number of ether oxygens (including phenoxy) is 1. The van der Waals surface area contributed by atoms with Crippen LogP contribution in [0.25, 0.3) is 17.1 Å². The lowest BCUT2D eigenvalue weighted by Gasteiger charge is -2.02. The predicted molar refractivity (Wildman–Crippen MR) is 56.2 cm³/mol. The van der Waals surface area contributed by atoms with Gasteiger partial charge in [0, 0.05) is 17.8 Å². The van der Waals surface area contributed by atoms with Crippen LogP contribution in [0.4, 0.5) is 0 Å². The fourth-order valence-electron chi connectivity index (χ4n) is 1.31. The molecular weight excluding hydrogens is 176 g/mol. The molecular formula is C11H10N2O. The fourth-order valence-corrected chi connectivity index (χ4v) is 1.31. The van der Waals surface area contributed by atoms with Crippen LogP contribution in [-0.4, -0.2) is 17.1 Å². The fraction of sp³-hybridized carbons (Fsp3) is 0.0909. The summed E-state index contributed by atoms with van der Waals surface area (Å²) in [6, 6.07) is 5.55. The maximum absolute atomic E-state index is 5.05. The summed E-state index contributed by atoms with van der Waals surface area (Å²) in [5.74, 6) is 0.591. The zero-order valence-corrected chi connectivity index (χ0v) is 7.90. The van der Waals surface area contributed by atoms with Gasteiger partial charge in [-0.3, -0.25) is 4.98 Å². The molecule has 0 N–H and O–H groups in total. The number of pyridine rings is 2. The Kier molecular flexibility index (Phi) is 2.14. The number of methoxy groups -OCH3 is 1. The van der Waals surface area contributed by atoms with Gasteiger partial charge in [-0.15, -0.1) is 0 Å². The maximum atomic E-state index is 5.05. The van der Waals surface area contributed by atoms with Gasteiger partial charge in [0.15, 0.2) is 0 Å². The molecule has 2 aromatic heterocycles. The molecule has 0 saturated heterocycles. The molecule has 14 heavy (non-hydrogen) atoms. The van der Waals surface area contributed by atoms with E-state index in [1.165, 1.54) is 0 Å². The standard InChI is InChI=1S/C11H10N2O/c1-3-8-6-7-12-9-4-5-10(14-2)13-11(8)9/h3-7H,1H2,2H3. The number of hydrogen-bond acceptors (Lipinski definition) is 3. The number of rotatable bonds is 2. The molecule has 0 unspecified atom stereocenters. The summed E-state index contributed by atoms with van der Waals surface area (Å²) in [6.07, 6.45) is 3.50. The molecule has 0 aliphatic carbocycles. The van der Waals surface area contributed by atoms with Crippen molar-refractivity contribution in [3.05, 3.63) is 36.5 Å². The topological polar surface area (TPSA) is 35.0 Å². The Morgan fingerprint density at radius 1 is 1.36 bits per heavy atom. The molecule has 0 saturated carbocycles. The first kappa shape index (κ1) is 8.69. The lowest BCUT2D eigenvalue weighted by atomic mass is 10.2. The van der Waals surface area contributed by atoms with Crippen molar-refractivity contribution in [1.82, 2.24) is 9.97 Å². The molecule has 70 valence electrons. The van der Waals surface area contributed by atoms with Crippen molar-refractivity contribution in [2.75, 3.05) is 7.11 Å². The van der Waals surface area contributed by atoms with Gasteiger partial charge in [-0.05, 0) is 12.1 Å². The molecule has 3 heteroatoms. The van der Waals surface area contributed by atoms with Crippen LogP contribution in [0.2, 0.25) is 0 Å². The Morgan fingerprint density at radius 2 is 2.21 bits per heavy atom. The van der Waals surface area contributed by atoms with E-state index >= 15 is 0 Å². The van der Waals surface area contributed by atoms with Crippen LogP contribution in [0.5, 0.6) is 5.88 Å². The zero-order chi connectivity index (χ0) is 9.97. The Labute approximate surface area is 82.1 Å². The Hall–Kier alpha value is -1.90. The summed E-state index contributed by atoms with van der Waals surface area (Å²) in [7, 11) is 1.60. The van der Waals surface area contributed by atoms with Gasteiger partial charge < -0.3 is 4.74 Å². The van der Waals surface area contributed by atoms with Gasteiger partial charge in [0.05, 0.1) is 18.1 Å². The summed E-state index contributed by atoms with van der Waals surface area (Å²) in [4.78, 5) is 8.51. The quantitative estimate of drug-likeness (QED) is 0.721. The van der Waals surface area contributed by atoms with Crippen LogP contribution in [0, 0.1) is 0 Å². The van der Waals surface area contributed by atoms with Crippen molar-refractivity contribution in [3.8, 4) is 5.88 Å². The van der Waals surface area contributed by atoms with E-state index in [1.54, 1.807) is 25.4 Å². The smallest absolute Gasteiger partial charge is 0.213 e. The van der Waals surface area contributed by atoms with E-state index < -0.39 is 0 Å². The van der Waals surface area contributed by atoms with E-state index in [0.29, 0.717) is 5.88 Å². The molecule has 0 spiro atoms. The number of fused-ring (bicyclic) bond motifs is 1. The molecule has 2 rings (SSSR count). The van der Waals surface area contributed by atoms with Crippen molar-refractivity contribution in [3.63, 3.8) is 0 Å². The predicted octanol–water partition coefficient (Wildman–Crippen LogP) is 2.28. The van der Waals surface area contributed by atoms with Crippen molar-refractivity contribution in [1.29, 1.82) is 0 Å². The van der Waals surface area contributed by atoms with Crippen LogP contribution < -0.4 is 4.74 Å². The van der Waals surface area contributed by atoms with Crippen LogP contribution in [-0.2, 0) is 0 Å². The van der Waals surface area contributed by atoms with Crippen molar-refractivity contribution >= 4 is 17.1 Å². The Bertz CT molecular complexity index is 480. The SMILES string of the molecule is C=Cc1ccnc2ccc(OC)nc12. The van der Waals surface area contributed by atoms with Gasteiger partial charge in [-0.25, -0.2) is 4.98 Å². The molecule has 0 fully saturated rings. The highest BCUT2D eigenvalue weighted by Gasteiger charge is 2.01. The third kappa shape index (κ3) is 1.33. The van der Waals surface area contributed by atoms with Crippen molar-refractivity contribution in [2.24, 2.45) is 0 Å². The lowest BCUT2D eigenvalue weighted by molar-refractivity contribution is 0.399.